The summed E-state index contributed by atoms with van der Waals surface area (Å²) in [5.74, 6) is 0. The molecule has 0 aromatic heterocycles. The van der Waals surface area contributed by atoms with E-state index in [1.807, 2.05) is 12.1 Å². The quantitative estimate of drug-likeness (QED) is 0.616. The van der Waals surface area contributed by atoms with Crippen molar-refractivity contribution in [1.29, 1.82) is 0 Å². The van der Waals surface area contributed by atoms with Gasteiger partial charge in [-0.25, -0.2) is 0 Å². The molecule has 120 valence electrons. The summed E-state index contributed by atoms with van der Waals surface area (Å²) in [7, 11) is 0. The fourth-order valence-corrected chi connectivity index (χ4v) is 1.91. The molecule has 1 aromatic rings. The Balaban J connectivity index is 2.11. The molecule has 0 spiro atoms. The maximum absolute atomic E-state index is 9.88. The summed E-state index contributed by atoms with van der Waals surface area (Å²) < 4.78 is 10.8. The number of benzene rings is 1. The Morgan fingerprint density at radius 1 is 1.14 bits per heavy atom. The fraction of sp³-hybridized carbons (Fsp3) is 0.647. The molecule has 0 bridgehead atoms. The van der Waals surface area contributed by atoms with Crippen molar-refractivity contribution < 1.29 is 14.6 Å². The molecule has 4 heteroatoms. The first kappa shape index (κ1) is 18.0. The molecule has 2 N–H and O–H groups in total. The Hall–Kier alpha value is -1.10. The Morgan fingerprint density at radius 2 is 1.90 bits per heavy atom. The molecule has 0 aliphatic rings. The molecule has 1 unspecified atom stereocenters. The van der Waals surface area contributed by atoms with Crippen molar-refractivity contribution in [2.75, 3.05) is 38.3 Å². The lowest BCUT2D eigenvalue weighted by Gasteiger charge is -2.15. The molecular weight excluding hydrogens is 266 g/mol. The summed E-state index contributed by atoms with van der Waals surface area (Å²) in [5.41, 5.74) is 3.53. The van der Waals surface area contributed by atoms with Crippen LogP contribution in [0, 0.1) is 13.8 Å². The van der Waals surface area contributed by atoms with Crippen LogP contribution >= 0.6 is 0 Å². The van der Waals surface area contributed by atoms with Gasteiger partial charge in [0.2, 0.25) is 0 Å². The van der Waals surface area contributed by atoms with E-state index in [2.05, 4.69) is 32.2 Å². The zero-order chi connectivity index (χ0) is 15.5. The third kappa shape index (κ3) is 7.46. The lowest BCUT2D eigenvalue weighted by Crippen LogP contribution is -2.26. The lowest BCUT2D eigenvalue weighted by molar-refractivity contribution is 0.00749. The summed E-state index contributed by atoms with van der Waals surface area (Å²) in [4.78, 5) is 0. The van der Waals surface area contributed by atoms with Crippen LogP contribution in [0.4, 0.5) is 5.69 Å². The molecule has 0 aliphatic carbocycles. The molecule has 4 nitrogen and oxygen atoms in total. The Morgan fingerprint density at radius 3 is 2.67 bits per heavy atom. The molecule has 21 heavy (non-hydrogen) atoms. The van der Waals surface area contributed by atoms with Crippen LogP contribution in [-0.4, -0.2) is 44.2 Å². The standard InChI is InChI=1S/C17H29NO3/c1-4-5-9-20-10-11-21-13-16(19)12-18-17-8-6-7-14(2)15(17)3/h6-8,16,18-19H,4-5,9-13H2,1-3H3. The highest BCUT2D eigenvalue weighted by atomic mass is 16.5. The van der Waals surface area contributed by atoms with Crippen LogP contribution < -0.4 is 5.32 Å². The van der Waals surface area contributed by atoms with E-state index in [1.165, 1.54) is 11.1 Å². The van der Waals surface area contributed by atoms with Crippen molar-refractivity contribution in [2.24, 2.45) is 0 Å². The van der Waals surface area contributed by atoms with E-state index >= 15 is 0 Å². The van der Waals surface area contributed by atoms with Crippen molar-refractivity contribution in [3.8, 4) is 0 Å². The summed E-state index contributed by atoms with van der Waals surface area (Å²) in [5, 5.41) is 13.1. The first-order valence-electron chi connectivity index (χ1n) is 7.78. The summed E-state index contributed by atoms with van der Waals surface area (Å²) in [6.45, 7) is 9.03. The second-order valence-corrected chi connectivity index (χ2v) is 5.32. The zero-order valence-corrected chi connectivity index (χ0v) is 13.5. The van der Waals surface area contributed by atoms with Gasteiger partial charge in [0.1, 0.15) is 0 Å². The van der Waals surface area contributed by atoms with Gasteiger partial charge in [0, 0.05) is 18.8 Å². The average Bonchev–Trinajstić information content (AvgIpc) is 2.48. The van der Waals surface area contributed by atoms with E-state index in [9.17, 15) is 5.11 Å². The first-order chi connectivity index (χ1) is 10.1. The topological polar surface area (TPSA) is 50.7 Å². The van der Waals surface area contributed by atoms with Crippen molar-refractivity contribution in [3.05, 3.63) is 29.3 Å². The highest BCUT2D eigenvalue weighted by molar-refractivity contribution is 5.53. The monoisotopic (exact) mass is 295 g/mol. The van der Waals surface area contributed by atoms with E-state index in [-0.39, 0.29) is 0 Å². The molecule has 0 aliphatic heterocycles. The number of hydrogen-bond donors (Lipinski definition) is 2. The van der Waals surface area contributed by atoms with Gasteiger partial charge < -0.3 is 19.9 Å². The van der Waals surface area contributed by atoms with Gasteiger partial charge in [-0.3, -0.25) is 0 Å². The normalized spacial score (nSPS) is 12.4. The molecule has 0 saturated heterocycles. The average molecular weight is 295 g/mol. The van der Waals surface area contributed by atoms with Gasteiger partial charge in [0.25, 0.3) is 0 Å². The van der Waals surface area contributed by atoms with Crippen molar-refractivity contribution in [1.82, 2.24) is 0 Å². The number of ether oxygens (including phenoxy) is 2. The highest BCUT2D eigenvalue weighted by Crippen LogP contribution is 2.17. The summed E-state index contributed by atoms with van der Waals surface area (Å²) in [6, 6.07) is 6.12. The number of unbranched alkanes of at least 4 members (excludes halogenated alkanes) is 1. The van der Waals surface area contributed by atoms with Gasteiger partial charge in [-0.05, 0) is 37.5 Å². The molecule has 0 radical (unpaired) electrons. The van der Waals surface area contributed by atoms with E-state index in [4.69, 9.17) is 9.47 Å². The third-order valence-corrected chi connectivity index (χ3v) is 3.46. The molecule has 1 atom stereocenters. The fourth-order valence-electron chi connectivity index (χ4n) is 1.91. The van der Waals surface area contributed by atoms with Crippen LogP contribution in [0.15, 0.2) is 18.2 Å². The van der Waals surface area contributed by atoms with Crippen molar-refractivity contribution in [3.63, 3.8) is 0 Å². The largest absolute Gasteiger partial charge is 0.389 e. The SMILES string of the molecule is CCCCOCCOCC(O)CNc1cccc(C)c1C. The smallest absolute Gasteiger partial charge is 0.0945 e. The molecule has 0 saturated carbocycles. The van der Waals surface area contributed by atoms with E-state index in [0.717, 1.165) is 25.1 Å². The van der Waals surface area contributed by atoms with Gasteiger partial charge in [-0.1, -0.05) is 25.5 Å². The number of aryl methyl sites for hydroxylation is 1. The second-order valence-electron chi connectivity index (χ2n) is 5.32. The minimum Gasteiger partial charge on any atom is -0.389 e. The third-order valence-electron chi connectivity index (χ3n) is 3.46. The minimum absolute atomic E-state index is 0.328. The summed E-state index contributed by atoms with van der Waals surface area (Å²) in [6.07, 6.45) is 1.71. The molecule has 0 heterocycles. The van der Waals surface area contributed by atoms with E-state index < -0.39 is 6.10 Å². The number of aliphatic hydroxyl groups is 1. The Bertz CT molecular complexity index is 396. The molecule has 0 amide bonds. The first-order valence-corrected chi connectivity index (χ1v) is 7.78. The number of hydrogen-bond acceptors (Lipinski definition) is 4. The van der Waals surface area contributed by atoms with Gasteiger partial charge in [0.05, 0.1) is 25.9 Å². The predicted molar refractivity (Wildman–Crippen MR) is 87.0 cm³/mol. The number of rotatable bonds is 11. The lowest BCUT2D eigenvalue weighted by atomic mass is 10.1. The van der Waals surface area contributed by atoms with Crippen LogP contribution in [0.5, 0.6) is 0 Å². The van der Waals surface area contributed by atoms with Crippen LogP contribution in [0.25, 0.3) is 0 Å². The molecule has 0 fully saturated rings. The van der Waals surface area contributed by atoms with Crippen LogP contribution in [0.2, 0.25) is 0 Å². The van der Waals surface area contributed by atoms with Gasteiger partial charge >= 0.3 is 0 Å². The number of aliphatic hydroxyl groups excluding tert-OH is 1. The number of nitrogens with one attached hydrogen (secondary N) is 1. The molecule has 1 rings (SSSR count). The summed E-state index contributed by atoms with van der Waals surface area (Å²) >= 11 is 0. The van der Waals surface area contributed by atoms with Crippen LogP contribution in [0.3, 0.4) is 0 Å². The Kier molecular flexibility index (Phi) is 9.06. The number of anilines is 1. The maximum atomic E-state index is 9.88. The van der Waals surface area contributed by atoms with Crippen LogP contribution in [-0.2, 0) is 9.47 Å². The van der Waals surface area contributed by atoms with Gasteiger partial charge in [0.15, 0.2) is 0 Å². The van der Waals surface area contributed by atoms with Crippen LogP contribution in [0.1, 0.15) is 30.9 Å². The van der Waals surface area contributed by atoms with Crippen molar-refractivity contribution >= 4 is 5.69 Å². The second kappa shape index (κ2) is 10.6. The van der Waals surface area contributed by atoms with Gasteiger partial charge in [-0.15, -0.1) is 0 Å². The predicted octanol–water partition coefficient (Wildman–Crippen LogP) is 2.91. The van der Waals surface area contributed by atoms with Crippen molar-refractivity contribution in [2.45, 2.75) is 39.7 Å². The van der Waals surface area contributed by atoms with E-state index in [1.54, 1.807) is 0 Å². The zero-order valence-electron chi connectivity index (χ0n) is 13.5. The van der Waals surface area contributed by atoms with E-state index in [0.29, 0.717) is 26.4 Å². The van der Waals surface area contributed by atoms with Gasteiger partial charge in [-0.2, -0.15) is 0 Å². The molecular formula is C17H29NO3. The maximum Gasteiger partial charge on any atom is 0.0945 e. The minimum atomic E-state index is -0.513. The Labute approximate surface area is 128 Å². The highest BCUT2D eigenvalue weighted by Gasteiger charge is 2.06. The molecule has 1 aromatic carbocycles.